The van der Waals surface area contributed by atoms with Crippen molar-refractivity contribution in [3.63, 3.8) is 0 Å². The van der Waals surface area contributed by atoms with Crippen molar-refractivity contribution in [3.05, 3.63) is 31.6 Å². The van der Waals surface area contributed by atoms with Gasteiger partial charge >= 0.3 is 6.09 Å². The fraction of sp³-hybridized carbons (Fsp3) is 0.500. The number of nitrogens with one attached hydrogen (secondary N) is 2. The Kier molecular flexibility index (Phi) is 5.12. The van der Waals surface area contributed by atoms with Crippen LogP contribution < -0.4 is 16.4 Å². The van der Waals surface area contributed by atoms with Crippen LogP contribution in [-0.2, 0) is 4.74 Å². The second-order valence-corrected chi connectivity index (χ2v) is 7.73. The maximum atomic E-state index is 12.4. The number of ether oxygens (including phenoxy) is 1. The summed E-state index contributed by atoms with van der Waals surface area (Å²) in [6.07, 6.45) is -0.592. The lowest BCUT2D eigenvalue weighted by Gasteiger charge is -2.21. The van der Waals surface area contributed by atoms with E-state index in [1.54, 1.807) is 32.1 Å². The first kappa shape index (κ1) is 17.9. The van der Waals surface area contributed by atoms with Crippen LogP contribution >= 0.6 is 27.3 Å². The maximum absolute atomic E-state index is 12.4. The van der Waals surface area contributed by atoms with Crippen LogP contribution in [0.3, 0.4) is 0 Å². The van der Waals surface area contributed by atoms with Crippen molar-refractivity contribution in [1.29, 1.82) is 0 Å². The molecule has 126 valence electrons. The Bertz CT molecular complexity index is 794. The molecule has 0 bridgehead atoms. The zero-order valence-corrected chi connectivity index (χ0v) is 16.0. The number of fused-ring (bicyclic) bond motifs is 1. The predicted octanol–water partition coefficient (Wildman–Crippen LogP) is 2.92. The van der Waals surface area contributed by atoms with Crippen LogP contribution in [0, 0.1) is 6.92 Å². The van der Waals surface area contributed by atoms with Gasteiger partial charge in [-0.25, -0.2) is 15.2 Å². The number of aromatic nitrogens is 2. The first-order chi connectivity index (χ1) is 10.6. The number of nitrogens with zero attached hydrogens (tertiary/aromatic N) is 2. The molecule has 2 aromatic rings. The highest BCUT2D eigenvalue weighted by Gasteiger charge is 2.20. The van der Waals surface area contributed by atoms with Gasteiger partial charge in [0, 0.05) is 11.1 Å². The Hall–Kier alpha value is -1.45. The molecule has 0 aliphatic rings. The van der Waals surface area contributed by atoms with Crippen molar-refractivity contribution >= 4 is 38.3 Å². The van der Waals surface area contributed by atoms with E-state index in [0.29, 0.717) is 15.1 Å². The standard InChI is InChI=1S/C14H19BrN4O3S/c1-7-6-23-12-16-10(9(15)11(20)19(7)12)8(2)17-18-13(21)22-14(3,4)5/h6,8,17H,1-5H3,(H,18,21)/t8-/m0/s1. The van der Waals surface area contributed by atoms with E-state index in [-0.39, 0.29) is 11.6 Å². The van der Waals surface area contributed by atoms with Gasteiger partial charge < -0.3 is 4.74 Å². The van der Waals surface area contributed by atoms with Crippen LogP contribution in [0.5, 0.6) is 0 Å². The summed E-state index contributed by atoms with van der Waals surface area (Å²) in [5.41, 5.74) is 5.86. The Morgan fingerprint density at radius 1 is 1.48 bits per heavy atom. The second kappa shape index (κ2) is 6.58. The molecule has 2 heterocycles. The van der Waals surface area contributed by atoms with Crippen molar-refractivity contribution in [3.8, 4) is 0 Å². The van der Waals surface area contributed by atoms with Crippen molar-refractivity contribution in [1.82, 2.24) is 20.2 Å². The Balaban J connectivity index is 2.18. The van der Waals surface area contributed by atoms with Crippen LogP contribution in [0.15, 0.2) is 14.6 Å². The van der Waals surface area contributed by atoms with Gasteiger partial charge in [-0.15, -0.1) is 11.3 Å². The average molecular weight is 403 g/mol. The highest BCUT2D eigenvalue weighted by atomic mass is 79.9. The Morgan fingerprint density at radius 2 is 2.13 bits per heavy atom. The first-order valence-corrected chi connectivity index (χ1v) is 8.68. The molecule has 0 aromatic carbocycles. The number of hydrazine groups is 1. The molecule has 1 atom stereocenters. The highest BCUT2D eigenvalue weighted by Crippen LogP contribution is 2.21. The lowest BCUT2D eigenvalue weighted by molar-refractivity contribution is 0.0489. The zero-order valence-electron chi connectivity index (χ0n) is 13.6. The molecule has 2 N–H and O–H groups in total. The van der Waals surface area contributed by atoms with E-state index in [0.717, 1.165) is 5.69 Å². The van der Waals surface area contributed by atoms with E-state index in [9.17, 15) is 9.59 Å². The lowest BCUT2D eigenvalue weighted by Crippen LogP contribution is -2.42. The van der Waals surface area contributed by atoms with E-state index in [4.69, 9.17) is 4.74 Å². The molecule has 2 aromatic heterocycles. The summed E-state index contributed by atoms with van der Waals surface area (Å²) in [6, 6.07) is -0.378. The molecule has 0 radical (unpaired) electrons. The summed E-state index contributed by atoms with van der Waals surface area (Å²) >= 11 is 4.69. The summed E-state index contributed by atoms with van der Waals surface area (Å²) in [4.78, 5) is 29.2. The molecular formula is C14H19BrN4O3S. The van der Waals surface area contributed by atoms with Gasteiger partial charge in [0.2, 0.25) is 0 Å². The number of hydrogen-bond donors (Lipinski definition) is 2. The normalized spacial score (nSPS) is 13.1. The summed E-state index contributed by atoms with van der Waals surface area (Å²) in [5, 5.41) is 1.87. The molecule has 0 fully saturated rings. The monoisotopic (exact) mass is 402 g/mol. The Labute approximate surface area is 146 Å². The molecule has 7 nitrogen and oxygen atoms in total. The van der Waals surface area contributed by atoms with Crippen LogP contribution in [0.25, 0.3) is 4.96 Å². The van der Waals surface area contributed by atoms with Gasteiger partial charge in [0.15, 0.2) is 4.96 Å². The topological polar surface area (TPSA) is 84.7 Å². The maximum Gasteiger partial charge on any atom is 0.422 e. The number of carbonyl (C=O) groups is 1. The molecule has 0 saturated carbocycles. The quantitative estimate of drug-likeness (QED) is 0.770. The first-order valence-electron chi connectivity index (χ1n) is 7.01. The third-order valence-corrected chi connectivity index (χ3v) is 4.60. The van der Waals surface area contributed by atoms with Crippen molar-refractivity contribution in [2.75, 3.05) is 0 Å². The summed E-state index contributed by atoms with van der Waals surface area (Å²) in [7, 11) is 0. The van der Waals surface area contributed by atoms with E-state index < -0.39 is 11.7 Å². The number of halogens is 1. The van der Waals surface area contributed by atoms with Crippen LogP contribution in [0.4, 0.5) is 4.79 Å². The van der Waals surface area contributed by atoms with Gasteiger partial charge in [-0.2, -0.15) is 0 Å². The SMILES string of the molecule is Cc1csc2nc([C@H](C)NNC(=O)OC(C)(C)C)c(Br)c(=O)n12. The molecular weight excluding hydrogens is 384 g/mol. The predicted molar refractivity (Wildman–Crippen MR) is 92.7 cm³/mol. The molecule has 9 heteroatoms. The molecule has 0 unspecified atom stereocenters. The van der Waals surface area contributed by atoms with Gasteiger partial charge in [0.1, 0.15) is 10.1 Å². The van der Waals surface area contributed by atoms with E-state index in [1.807, 2.05) is 12.3 Å². The number of rotatable bonds is 3. The third-order valence-electron chi connectivity index (χ3n) is 2.91. The largest absolute Gasteiger partial charge is 0.443 e. The van der Waals surface area contributed by atoms with Crippen LogP contribution in [-0.4, -0.2) is 21.1 Å². The van der Waals surface area contributed by atoms with Gasteiger partial charge in [0.25, 0.3) is 5.56 Å². The smallest absolute Gasteiger partial charge is 0.422 e. The minimum atomic E-state index is -0.592. The summed E-state index contributed by atoms with van der Waals surface area (Å²) in [6.45, 7) is 8.98. The number of aryl methyl sites for hydroxylation is 1. The number of thiazole rings is 1. The van der Waals surface area contributed by atoms with Crippen molar-refractivity contribution in [2.24, 2.45) is 0 Å². The Morgan fingerprint density at radius 3 is 2.74 bits per heavy atom. The van der Waals surface area contributed by atoms with Crippen LogP contribution in [0.2, 0.25) is 0 Å². The summed E-state index contributed by atoms with van der Waals surface area (Å²) < 4.78 is 7.05. The molecule has 0 saturated heterocycles. The zero-order chi connectivity index (χ0) is 17.4. The van der Waals surface area contributed by atoms with E-state index >= 15 is 0 Å². The third kappa shape index (κ3) is 4.10. The second-order valence-electron chi connectivity index (χ2n) is 6.10. The minimum Gasteiger partial charge on any atom is -0.443 e. The highest BCUT2D eigenvalue weighted by molar-refractivity contribution is 9.10. The lowest BCUT2D eigenvalue weighted by atomic mass is 10.2. The van der Waals surface area contributed by atoms with Gasteiger partial charge in [-0.3, -0.25) is 14.6 Å². The fourth-order valence-electron chi connectivity index (χ4n) is 1.90. The minimum absolute atomic E-state index is 0.172. The van der Waals surface area contributed by atoms with Gasteiger partial charge in [0.05, 0.1) is 11.7 Å². The average Bonchev–Trinajstić information content (AvgIpc) is 2.79. The van der Waals surface area contributed by atoms with Crippen molar-refractivity contribution in [2.45, 2.75) is 46.3 Å². The molecule has 1 amide bonds. The van der Waals surface area contributed by atoms with Crippen LogP contribution in [0.1, 0.15) is 45.1 Å². The number of carbonyl (C=O) groups excluding carboxylic acids is 1. The fourth-order valence-corrected chi connectivity index (χ4v) is 3.38. The van der Waals surface area contributed by atoms with Crippen molar-refractivity contribution < 1.29 is 9.53 Å². The molecule has 0 spiro atoms. The van der Waals surface area contributed by atoms with Gasteiger partial charge in [-0.1, -0.05) is 0 Å². The summed E-state index contributed by atoms with van der Waals surface area (Å²) in [5.74, 6) is 0. The number of amides is 1. The van der Waals surface area contributed by atoms with E-state index in [1.165, 1.54) is 11.3 Å². The van der Waals surface area contributed by atoms with E-state index in [2.05, 4.69) is 31.8 Å². The van der Waals surface area contributed by atoms with Gasteiger partial charge in [-0.05, 0) is 50.5 Å². The molecule has 2 rings (SSSR count). The molecule has 23 heavy (non-hydrogen) atoms. The molecule has 0 aliphatic carbocycles. The number of hydrogen-bond acceptors (Lipinski definition) is 6. The molecule has 0 aliphatic heterocycles.